The van der Waals surface area contributed by atoms with Crippen LogP contribution in [0.5, 0.6) is 0 Å². The topological polar surface area (TPSA) is 53.6 Å². The van der Waals surface area contributed by atoms with E-state index in [-0.39, 0.29) is 5.91 Å². The standard InChI is InChI=1S/C10H21N3O2/c1-9-7-11-3-5-13(9)8-10(14)12-4-6-15-2/h9,11H,3-8H2,1-2H3,(H,12,14). The number of methoxy groups -OCH3 is 1. The Morgan fingerprint density at radius 2 is 2.47 bits per heavy atom. The third kappa shape index (κ3) is 4.59. The van der Waals surface area contributed by atoms with Crippen LogP contribution in [0.1, 0.15) is 6.92 Å². The molecule has 1 unspecified atom stereocenters. The third-order valence-electron chi connectivity index (χ3n) is 2.61. The van der Waals surface area contributed by atoms with Crippen LogP contribution in [0.15, 0.2) is 0 Å². The molecular weight excluding hydrogens is 194 g/mol. The quantitative estimate of drug-likeness (QED) is 0.580. The number of piperazine rings is 1. The highest BCUT2D eigenvalue weighted by Crippen LogP contribution is 2.00. The summed E-state index contributed by atoms with van der Waals surface area (Å²) in [6, 6.07) is 0.437. The van der Waals surface area contributed by atoms with Crippen molar-refractivity contribution in [1.82, 2.24) is 15.5 Å². The fraction of sp³-hybridized carbons (Fsp3) is 0.900. The van der Waals surface area contributed by atoms with Gasteiger partial charge in [-0.05, 0) is 6.92 Å². The van der Waals surface area contributed by atoms with Crippen molar-refractivity contribution < 1.29 is 9.53 Å². The predicted octanol–water partition coefficient (Wildman–Crippen LogP) is -0.957. The molecule has 1 amide bonds. The van der Waals surface area contributed by atoms with Crippen molar-refractivity contribution in [3.8, 4) is 0 Å². The van der Waals surface area contributed by atoms with E-state index in [2.05, 4.69) is 22.5 Å². The fourth-order valence-electron chi connectivity index (χ4n) is 1.65. The minimum atomic E-state index is 0.0841. The number of carbonyl (C=O) groups is 1. The van der Waals surface area contributed by atoms with Gasteiger partial charge in [0.1, 0.15) is 0 Å². The van der Waals surface area contributed by atoms with Gasteiger partial charge < -0.3 is 15.4 Å². The molecule has 1 fully saturated rings. The van der Waals surface area contributed by atoms with Gasteiger partial charge in [0.15, 0.2) is 0 Å². The molecule has 0 saturated carbocycles. The van der Waals surface area contributed by atoms with E-state index in [1.165, 1.54) is 0 Å². The molecule has 1 aliphatic rings. The van der Waals surface area contributed by atoms with Crippen LogP contribution in [0.25, 0.3) is 0 Å². The first-order valence-corrected chi connectivity index (χ1v) is 5.44. The molecule has 0 aromatic heterocycles. The largest absolute Gasteiger partial charge is 0.383 e. The van der Waals surface area contributed by atoms with Gasteiger partial charge in [0, 0.05) is 39.3 Å². The lowest BCUT2D eigenvalue weighted by Crippen LogP contribution is -2.52. The highest BCUT2D eigenvalue weighted by Gasteiger charge is 2.19. The second kappa shape index (κ2) is 6.76. The lowest BCUT2D eigenvalue weighted by molar-refractivity contribution is -0.123. The van der Waals surface area contributed by atoms with Gasteiger partial charge in [-0.15, -0.1) is 0 Å². The summed E-state index contributed by atoms with van der Waals surface area (Å²) in [4.78, 5) is 13.7. The molecule has 1 saturated heterocycles. The first-order valence-electron chi connectivity index (χ1n) is 5.44. The Labute approximate surface area is 91.2 Å². The lowest BCUT2D eigenvalue weighted by Gasteiger charge is -2.33. The molecule has 0 radical (unpaired) electrons. The number of carbonyl (C=O) groups excluding carboxylic acids is 1. The maximum absolute atomic E-state index is 11.5. The number of rotatable bonds is 5. The zero-order valence-corrected chi connectivity index (χ0v) is 9.58. The van der Waals surface area contributed by atoms with Crippen LogP contribution >= 0.6 is 0 Å². The zero-order chi connectivity index (χ0) is 11.1. The number of hydrogen-bond donors (Lipinski definition) is 2. The van der Waals surface area contributed by atoms with Crippen LogP contribution < -0.4 is 10.6 Å². The molecule has 0 aromatic carbocycles. The van der Waals surface area contributed by atoms with E-state index in [0.29, 0.717) is 25.7 Å². The monoisotopic (exact) mass is 215 g/mol. The SMILES string of the molecule is COCCNC(=O)CN1CCNCC1C. The summed E-state index contributed by atoms with van der Waals surface area (Å²) in [6.07, 6.45) is 0. The maximum atomic E-state index is 11.5. The normalized spacial score (nSPS) is 22.7. The Bertz CT molecular complexity index is 199. The van der Waals surface area contributed by atoms with E-state index in [1.807, 2.05) is 0 Å². The van der Waals surface area contributed by atoms with Crippen LogP contribution in [0.2, 0.25) is 0 Å². The Balaban J connectivity index is 2.18. The smallest absolute Gasteiger partial charge is 0.234 e. The van der Waals surface area contributed by atoms with E-state index in [9.17, 15) is 4.79 Å². The van der Waals surface area contributed by atoms with Crippen LogP contribution in [-0.4, -0.2) is 63.3 Å². The molecule has 15 heavy (non-hydrogen) atoms. The molecule has 1 rings (SSSR count). The van der Waals surface area contributed by atoms with Crippen molar-refractivity contribution in [2.24, 2.45) is 0 Å². The van der Waals surface area contributed by atoms with Gasteiger partial charge in [-0.2, -0.15) is 0 Å². The van der Waals surface area contributed by atoms with E-state index >= 15 is 0 Å². The van der Waals surface area contributed by atoms with Gasteiger partial charge in [0.05, 0.1) is 13.2 Å². The maximum Gasteiger partial charge on any atom is 0.234 e. The van der Waals surface area contributed by atoms with Gasteiger partial charge in [-0.1, -0.05) is 0 Å². The van der Waals surface area contributed by atoms with Crippen LogP contribution in [0.4, 0.5) is 0 Å². The van der Waals surface area contributed by atoms with Gasteiger partial charge in [-0.25, -0.2) is 0 Å². The first kappa shape index (κ1) is 12.4. The highest BCUT2D eigenvalue weighted by molar-refractivity contribution is 5.78. The fourth-order valence-corrected chi connectivity index (χ4v) is 1.65. The summed E-state index contributed by atoms with van der Waals surface area (Å²) in [5.74, 6) is 0.0841. The molecule has 1 aliphatic heterocycles. The lowest BCUT2D eigenvalue weighted by atomic mass is 10.2. The third-order valence-corrected chi connectivity index (χ3v) is 2.61. The molecule has 0 aliphatic carbocycles. The average molecular weight is 215 g/mol. The van der Waals surface area contributed by atoms with Crippen molar-refractivity contribution in [3.05, 3.63) is 0 Å². The minimum absolute atomic E-state index is 0.0841. The van der Waals surface area contributed by atoms with Crippen molar-refractivity contribution >= 4 is 5.91 Å². The van der Waals surface area contributed by atoms with E-state index in [0.717, 1.165) is 19.6 Å². The highest BCUT2D eigenvalue weighted by atomic mass is 16.5. The van der Waals surface area contributed by atoms with Crippen molar-refractivity contribution in [2.45, 2.75) is 13.0 Å². The van der Waals surface area contributed by atoms with Crippen LogP contribution in [0.3, 0.4) is 0 Å². The number of nitrogens with one attached hydrogen (secondary N) is 2. The van der Waals surface area contributed by atoms with Gasteiger partial charge in [0.25, 0.3) is 0 Å². The molecule has 0 aromatic rings. The predicted molar refractivity (Wildman–Crippen MR) is 58.8 cm³/mol. The van der Waals surface area contributed by atoms with Crippen molar-refractivity contribution in [2.75, 3.05) is 46.4 Å². The van der Waals surface area contributed by atoms with Gasteiger partial charge in [0.2, 0.25) is 5.91 Å². The number of hydrogen-bond acceptors (Lipinski definition) is 4. The zero-order valence-electron chi connectivity index (χ0n) is 9.58. The van der Waals surface area contributed by atoms with E-state index < -0.39 is 0 Å². The number of ether oxygens (including phenoxy) is 1. The molecule has 88 valence electrons. The average Bonchev–Trinajstić information content (AvgIpc) is 2.22. The summed E-state index contributed by atoms with van der Waals surface area (Å²) in [5.41, 5.74) is 0. The Hall–Kier alpha value is -0.650. The molecule has 1 heterocycles. The summed E-state index contributed by atoms with van der Waals surface area (Å²) in [6.45, 7) is 6.67. The number of amides is 1. The Kier molecular flexibility index (Phi) is 5.60. The molecule has 0 bridgehead atoms. The molecule has 5 heteroatoms. The number of nitrogens with zero attached hydrogens (tertiary/aromatic N) is 1. The molecule has 0 spiro atoms. The molecular formula is C10H21N3O2. The second-order valence-electron chi connectivity index (χ2n) is 3.87. The van der Waals surface area contributed by atoms with Crippen molar-refractivity contribution in [1.29, 1.82) is 0 Å². The molecule has 5 nitrogen and oxygen atoms in total. The van der Waals surface area contributed by atoms with Crippen LogP contribution in [0, 0.1) is 0 Å². The van der Waals surface area contributed by atoms with E-state index in [1.54, 1.807) is 7.11 Å². The summed E-state index contributed by atoms with van der Waals surface area (Å²) < 4.78 is 4.87. The summed E-state index contributed by atoms with van der Waals surface area (Å²) in [5, 5.41) is 6.12. The van der Waals surface area contributed by atoms with Gasteiger partial charge >= 0.3 is 0 Å². The molecule has 2 N–H and O–H groups in total. The van der Waals surface area contributed by atoms with Crippen LogP contribution in [-0.2, 0) is 9.53 Å². The summed E-state index contributed by atoms with van der Waals surface area (Å²) in [7, 11) is 1.63. The van der Waals surface area contributed by atoms with Crippen molar-refractivity contribution in [3.63, 3.8) is 0 Å². The minimum Gasteiger partial charge on any atom is -0.383 e. The first-order chi connectivity index (χ1) is 7.24. The van der Waals surface area contributed by atoms with E-state index in [4.69, 9.17) is 4.74 Å². The Morgan fingerprint density at radius 1 is 1.67 bits per heavy atom. The Morgan fingerprint density at radius 3 is 3.13 bits per heavy atom. The summed E-state index contributed by atoms with van der Waals surface area (Å²) >= 11 is 0. The second-order valence-corrected chi connectivity index (χ2v) is 3.87. The van der Waals surface area contributed by atoms with Gasteiger partial charge in [-0.3, -0.25) is 9.69 Å². The molecule has 1 atom stereocenters.